The summed E-state index contributed by atoms with van der Waals surface area (Å²) in [5.74, 6) is 0. The van der Waals surface area contributed by atoms with E-state index in [9.17, 15) is 5.11 Å². The van der Waals surface area contributed by atoms with Crippen molar-refractivity contribution in [3.63, 3.8) is 0 Å². The molecular formula is C14H15ClN2O. The number of aliphatic hydroxyl groups excluding tert-OH is 1. The van der Waals surface area contributed by atoms with Gasteiger partial charge in [-0.05, 0) is 23.8 Å². The van der Waals surface area contributed by atoms with Crippen molar-refractivity contribution in [2.45, 2.75) is 6.04 Å². The molecule has 0 aromatic heterocycles. The predicted molar refractivity (Wildman–Crippen MR) is 75.8 cm³/mol. The molecule has 0 bridgehead atoms. The smallest absolute Gasteiger partial charge is 0.0745 e. The van der Waals surface area contributed by atoms with E-state index in [2.05, 4.69) is 5.32 Å². The number of nitrogens with two attached hydrogens (primary N) is 1. The van der Waals surface area contributed by atoms with Crippen LogP contribution in [-0.4, -0.2) is 11.7 Å². The number of halogens is 1. The molecule has 0 saturated carbocycles. The van der Waals surface area contributed by atoms with E-state index < -0.39 is 0 Å². The van der Waals surface area contributed by atoms with E-state index in [-0.39, 0.29) is 12.6 Å². The highest BCUT2D eigenvalue weighted by Gasteiger charge is 2.11. The number of hydrogen-bond acceptors (Lipinski definition) is 3. The molecule has 0 heterocycles. The molecule has 0 fully saturated rings. The second kappa shape index (κ2) is 5.76. The van der Waals surface area contributed by atoms with Crippen molar-refractivity contribution < 1.29 is 5.11 Å². The third-order valence-electron chi connectivity index (χ3n) is 2.73. The van der Waals surface area contributed by atoms with Gasteiger partial charge in [0.25, 0.3) is 0 Å². The maximum atomic E-state index is 9.46. The largest absolute Gasteiger partial charge is 0.397 e. The van der Waals surface area contributed by atoms with Gasteiger partial charge in [-0.2, -0.15) is 0 Å². The molecule has 2 aromatic carbocycles. The minimum Gasteiger partial charge on any atom is -0.397 e. The standard InChI is InChI=1S/C14H15ClN2O/c15-11-6-7-12(16)13(8-11)17-14(9-18)10-4-2-1-3-5-10/h1-8,14,17-18H,9,16H2. The van der Waals surface area contributed by atoms with E-state index in [1.54, 1.807) is 18.2 Å². The highest BCUT2D eigenvalue weighted by atomic mass is 35.5. The second-order valence-corrected chi connectivity index (χ2v) is 4.46. The molecule has 0 radical (unpaired) electrons. The van der Waals surface area contributed by atoms with Crippen LogP contribution in [0, 0.1) is 0 Å². The molecule has 18 heavy (non-hydrogen) atoms. The zero-order chi connectivity index (χ0) is 13.0. The summed E-state index contributed by atoms with van der Waals surface area (Å²) in [6.07, 6.45) is 0. The van der Waals surface area contributed by atoms with Crippen molar-refractivity contribution in [2.24, 2.45) is 0 Å². The number of nitrogen functional groups attached to an aromatic ring is 1. The fourth-order valence-corrected chi connectivity index (χ4v) is 1.93. The fraction of sp³-hybridized carbons (Fsp3) is 0.143. The summed E-state index contributed by atoms with van der Waals surface area (Å²) < 4.78 is 0. The van der Waals surface area contributed by atoms with Crippen LogP contribution in [0.5, 0.6) is 0 Å². The molecule has 0 saturated heterocycles. The van der Waals surface area contributed by atoms with E-state index in [0.717, 1.165) is 11.3 Å². The zero-order valence-corrected chi connectivity index (χ0v) is 10.6. The minimum atomic E-state index is -0.202. The number of anilines is 2. The summed E-state index contributed by atoms with van der Waals surface area (Å²) in [7, 11) is 0. The summed E-state index contributed by atoms with van der Waals surface area (Å²) in [5.41, 5.74) is 8.20. The lowest BCUT2D eigenvalue weighted by Gasteiger charge is -2.19. The van der Waals surface area contributed by atoms with Gasteiger partial charge in [-0.3, -0.25) is 0 Å². The lowest BCUT2D eigenvalue weighted by molar-refractivity contribution is 0.276. The normalized spacial score (nSPS) is 12.1. The number of benzene rings is 2. The molecular weight excluding hydrogens is 248 g/mol. The Balaban J connectivity index is 2.23. The van der Waals surface area contributed by atoms with Crippen molar-refractivity contribution in [2.75, 3.05) is 17.7 Å². The van der Waals surface area contributed by atoms with Gasteiger partial charge in [0, 0.05) is 5.02 Å². The number of rotatable bonds is 4. The first-order chi connectivity index (χ1) is 8.70. The van der Waals surface area contributed by atoms with Gasteiger partial charge < -0.3 is 16.2 Å². The topological polar surface area (TPSA) is 58.3 Å². The first-order valence-corrected chi connectivity index (χ1v) is 6.06. The monoisotopic (exact) mass is 262 g/mol. The van der Waals surface area contributed by atoms with Gasteiger partial charge in [-0.15, -0.1) is 0 Å². The molecule has 1 unspecified atom stereocenters. The van der Waals surface area contributed by atoms with Gasteiger partial charge in [0.1, 0.15) is 0 Å². The van der Waals surface area contributed by atoms with Crippen molar-refractivity contribution in [3.05, 3.63) is 59.1 Å². The SMILES string of the molecule is Nc1ccc(Cl)cc1NC(CO)c1ccccc1. The van der Waals surface area contributed by atoms with Gasteiger partial charge in [-0.1, -0.05) is 41.9 Å². The van der Waals surface area contributed by atoms with Crippen LogP contribution in [0.15, 0.2) is 48.5 Å². The maximum Gasteiger partial charge on any atom is 0.0745 e. The van der Waals surface area contributed by atoms with E-state index in [1.807, 2.05) is 30.3 Å². The van der Waals surface area contributed by atoms with Crippen LogP contribution in [0.25, 0.3) is 0 Å². The van der Waals surface area contributed by atoms with Gasteiger partial charge in [0.05, 0.1) is 24.0 Å². The molecule has 3 nitrogen and oxygen atoms in total. The Kier molecular flexibility index (Phi) is 4.07. The van der Waals surface area contributed by atoms with Gasteiger partial charge >= 0.3 is 0 Å². The van der Waals surface area contributed by atoms with Gasteiger partial charge in [0.2, 0.25) is 0 Å². The average Bonchev–Trinajstić information content (AvgIpc) is 2.41. The predicted octanol–water partition coefficient (Wildman–Crippen LogP) is 3.07. The van der Waals surface area contributed by atoms with Crippen molar-refractivity contribution in [3.8, 4) is 0 Å². The Morgan fingerprint density at radius 1 is 1.17 bits per heavy atom. The van der Waals surface area contributed by atoms with E-state index in [1.165, 1.54) is 0 Å². The molecule has 1 atom stereocenters. The van der Waals surface area contributed by atoms with Crippen LogP contribution in [-0.2, 0) is 0 Å². The van der Waals surface area contributed by atoms with Crippen LogP contribution in [0.1, 0.15) is 11.6 Å². The molecule has 0 aliphatic rings. The Morgan fingerprint density at radius 3 is 2.56 bits per heavy atom. The molecule has 94 valence electrons. The number of aliphatic hydroxyl groups is 1. The highest BCUT2D eigenvalue weighted by Crippen LogP contribution is 2.27. The van der Waals surface area contributed by atoms with Gasteiger partial charge in [-0.25, -0.2) is 0 Å². The van der Waals surface area contributed by atoms with Gasteiger partial charge in [0.15, 0.2) is 0 Å². The first-order valence-electron chi connectivity index (χ1n) is 5.68. The summed E-state index contributed by atoms with van der Waals surface area (Å²) in [6, 6.07) is 14.7. The summed E-state index contributed by atoms with van der Waals surface area (Å²) >= 11 is 5.93. The Bertz CT molecular complexity index is 516. The summed E-state index contributed by atoms with van der Waals surface area (Å²) in [5, 5.41) is 13.3. The molecule has 2 aromatic rings. The molecule has 0 aliphatic carbocycles. The Labute approximate surface area is 111 Å². The quantitative estimate of drug-likeness (QED) is 0.742. The Morgan fingerprint density at radius 2 is 1.89 bits per heavy atom. The van der Waals surface area contributed by atoms with Crippen LogP contribution in [0.3, 0.4) is 0 Å². The average molecular weight is 263 g/mol. The molecule has 4 heteroatoms. The minimum absolute atomic E-state index is 0.0179. The zero-order valence-electron chi connectivity index (χ0n) is 9.81. The van der Waals surface area contributed by atoms with E-state index in [0.29, 0.717) is 10.7 Å². The maximum absolute atomic E-state index is 9.46. The molecule has 4 N–H and O–H groups in total. The second-order valence-electron chi connectivity index (χ2n) is 4.02. The van der Waals surface area contributed by atoms with Crippen LogP contribution in [0.4, 0.5) is 11.4 Å². The van der Waals surface area contributed by atoms with Crippen molar-refractivity contribution in [1.29, 1.82) is 0 Å². The number of hydrogen-bond donors (Lipinski definition) is 3. The van der Waals surface area contributed by atoms with Crippen LogP contribution < -0.4 is 11.1 Å². The summed E-state index contributed by atoms with van der Waals surface area (Å²) in [6.45, 7) is -0.0179. The Hall–Kier alpha value is -1.71. The first kappa shape index (κ1) is 12.7. The van der Waals surface area contributed by atoms with Crippen molar-refractivity contribution >= 4 is 23.0 Å². The fourth-order valence-electron chi connectivity index (χ4n) is 1.76. The van der Waals surface area contributed by atoms with E-state index >= 15 is 0 Å². The molecule has 0 spiro atoms. The highest BCUT2D eigenvalue weighted by molar-refractivity contribution is 6.31. The van der Waals surface area contributed by atoms with Crippen molar-refractivity contribution in [1.82, 2.24) is 0 Å². The van der Waals surface area contributed by atoms with Crippen LogP contribution in [0.2, 0.25) is 5.02 Å². The lowest BCUT2D eigenvalue weighted by Crippen LogP contribution is -2.15. The third-order valence-corrected chi connectivity index (χ3v) is 2.96. The molecule has 2 rings (SSSR count). The van der Waals surface area contributed by atoms with Crippen LogP contribution >= 0.6 is 11.6 Å². The molecule has 0 amide bonds. The molecule has 0 aliphatic heterocycles. The third kappa shape index (κ3) is 2.94. The number of nitrogens with one attached hydrogen (secondary N) is 1. The van der Waals surface area contributed by atoms with E-state index in [4.69, 9.17) is 17.3 Å². The lowest BCUT2D eigenvalue weighted by atomic mass is 10.1. The summed E-state index contributed by atoms with van der Waals surface area (Å²) in [4.78, 5) is 0.